The van der Waals surface area contributed by atoms with Crippen LogP contribution in [-0.4, -0.2) is 30.2 Å². The topological polar surface area (TPSA) is 75.3 Å². The second-order valence-electron chi connectivity index (χ2n) is 3.59. The smallest absolute Gasteiger partial charge is 0.223 e. The highest BCUT2D eigenvalue weighted by Crippen LogP contribution is 2.19. The summed E-state index contributed by atoms with van der Waals surface area (Å²) < 4.78 is 0. The quantitative estimate of drug-likeness (QED) is 0.560. The number of carbonyl (C=O) groups excluding carboxylic acids is 1. The van der Waals surface area contributed by atoms with E-state index in [-0.39, 0.29) is 24.5 Å². The summed E-state index contributed by atoms with van der Waals surface area (Å²) in [5, 5.41) is 11.6. The fourth-order valence-corrected chi connectivity index (χ4v) is 1.70. The standard InChI is InChI=1S/C9H18N2O2/c10-5-1-2-7-3-4-8(6-12)11-9(7)13/h7-8,12H,1-6,10H2,(H,11,13)/t7-,8-/m1/s1. The van der Waals surface area contributed by atoms with Crippen molar-refractivity contribution in [3.8, 4) is 0 Å². The molecule has 0 spiro atoms. The van der Waals surface area contributed by atoms with Gasteiger partial charge in [-0.25, -0.2) is 0 Å². The SMILES string of the molecule is NCCC[C@@H]1CC[C@H](CO)NC1=O. The summed E-state index contributed by atoms with van der Waals surface area (Å²) >= 11 is 0. The molecule has 0 aliphatic carbocycles. The van der Waals surface area contributed by atoms with Gasteiger partial charge in [-0.05, 0) is 32.2 Å². The zero-order chi connectivity index (χ0) is 9.68. The molecule has 0 aromatic carbocycles. The second kappa shape index (κ2) is 5.19. The van der Waals surface area contributed by atoms with Crippen molar-refractivity contribution in [2.45, 2.75) is 31.7 Å². The first-order valence-corrected chi connectivity index (χ1v) is 4.89. The molecular weight excluding hydrogens is 168 g/mol. The van der Waals surface area contributed by atoms with Gasteiger partial charge >= 0.3 is 0 Å². The van der Waals surface area contributed by atoms with Crippen molar-refractivity contribution in [1.82, 2.24) is 5.32 Å². The molecule has 0 aromatic rings. The molecule has 0 saturated carbocycles. The highest BCUT2D eigenvalue weighted by Gasteiger charge is 2.26. The maximum Gasteiger partial charge on any atom is 0.223 e. The van der Waals surface area contributed by atoms with Crippen LogP contribution in [0.25, 0.3) is 0 Å². The van der Waals surface area contributed by atoms with Crippen molar-refractivity contribution < 1.29 is 9.90 Å². The van der Waals surface area contributed by atoms with E-state index in [2.05, 4.69) is 5.32 Å². The van der Waals surface area contributed by atoms with Gasteiger partial charge in [0.1, 0.15) is 0 Å². The molecular formula is C9H18N2O2. The molecule has 1 heterocycles. The van der Waals surface area contributed by atoms with Crippen molar-refractivity contribution in [3.63, 3.8) is 0 Å². The highest BCUT2D eigenvalue weighted by atomic mass is 16.3. The van der Waals surface area contributed by atoms with Crippen LogP contribution in [0.2, 0.25) is 0 Å². The van der Waals surface area contributed by atoms with Gasteiger partial charge in [0, 0.05) is 5.92 Å². The van der Waals surface area contributed by atoms with Gasteiger partial charge in [0.15, 0.2) is 0 Å². The van der Waals surface area contributed by atoms with Crippen LogP contribution in [0.15, 0.2) is 0 Å². The molecule has 0 radical (unpaired) electrons. The molecule has 0 unspecified atom stereocenters. The Labute approximate surface area is 78.5 Å². The lowest BCUT2D eigenvalue weighted by Crippen LogP contribution is -2.45. The normalized spacial score (nSPS) is 28.6. The van der Waals surface area contributed by atoms with Crippen LogP contribution >= 0.6 is 0 Å². The number of nitrogens with two attached hydrogens (primary N) is 1. The first-order valence-electron chi connectivity index (χ1n) is 4.89. The van der Waals surface area contributed by atoms with Crippen LogP contribution < -0.4 is 11.1 Å². The van der Waals surface area contributed by atoms with Gasteiger partial charge in [0.05, 0.1) is 12.6 Å². The van der Waals surface area contributed by atoms with Crippen LogP contribution in [0.4, 0.5) is 0 Å². The largest absolute Gasteiger partial charge is 0.394 e. The van der Waals surface area contributed by atoms with Crippen molar-refractivity contribution in [2.24, 2.45) is 11.7 Å². The number of piperidine rings is 1. The summed E-state index contributed by atoms with van der Waals surface area (Å²) in [5.74, 6) is 0.199. The lowest BCUT2D eigenvalue weighted by Gasteiger charge is -2.27. The zero-order valence-corrected chi connectivity index (χ0v) is 7.83. The maximum atomic E-state index is 11.4. The molecule has 1 aliphatic rings. The Bertz CT molecular complexity index is 173. The zero-order valence-electron chi connectivity index (χ0n) is 7.83. The first-order chi connectivity index (χ1) is 6.27. The minimum atomic E-state index is -0.0263. The van der Waals surface area contributed by atoms with E-state index >= 15 is 0 Å². The number of hydrogen-bond acceptors (Lipinski definition) is 3. The number of amides is 1. The predicted molar refractivity (Wildman–Crippen MR) is 50.0 cm³/mol. The Hall–Kier alpha value is -0.610. The van der Waals surface area contributed by atoms with E-state index in [9.17, 15) is 4.79 Å². The molecule has 76 valence electrons. The van der Waals surface area contributed by atoms with E-state index in [1.54, 1.807) is 0 Å². The molecule has 1 saturated heterocycles. The lowest BCUT2D eigenvalue weighted by molar-refractivity contribution is -0.128. The van der Waals surface area contributed by atoms with Gasteiger partial charge < -0.3 is 16.2 Å². The number of carbonyl (C=O) groups is 1. The van der Waals surface area contributed by atoms with Crippen molar-refractivity contribution in [3.05, 3.63) is 0 Å². The van der Waals surface area contributed by atoms with E-state index in [0.29, 0.717) is 6.54 Å². The van der Waals surface area contributed by atoms with Crippen LogP contribution in [0, 0.1) is 5.92 Å². The third-order valence-corrected chi connectivity index (χ3v) is 2.56. The number of rotatable bonds is 4. The van der Waals surface area contributed by atoms with Gasteiger partial charge in [0.25, 0.3) is 0 Å². The molecule has 4 heteroatoms. The number of hydrogen-bond donors (Lipinski definition) is 3. The summed E-state index contributed by atoms with van der Waals surface area (Å²) in [7, 11) is 0. The highest BCUT2D eigenvalue weighted by molar-refractivity contribution is 5.79. The Morgan fingerprint density at radius 2 is 2.31 bits per heavy atom. The van der Waals surface area contributed by atoms with Gasteiger partial charge in [-0.2, -0.15) is 0 Å². The minimum absolute atomic E-state index is 0.0263. The Morgan fingerprint density at radius 1 is 1.54 bits per heavy atom. The Balaban J connectivity index is 2.31. The molecule has 1 fully saturated rings. The third-order valence-electron chi connectivity index (χ3n) is 2.56. The molecule has 1 rings (SSSR count). The van der Waals surface area contributed by atoms with Gasteiger partial charge in [-0.1, -0.05) is 0 Å². The summed E-state index contributed by atoms with van der Waals surface area (Å²) in [6, 6.07) is -0.0263. The van der Waals surface area contributed by atoms with E-state index < -0.39 is 0 Å². The van der Waals surface area contributed by atoms with Crippen LogP contribution in [-0.2, 0) is 4.79 Å². The van der Waals surface area contributed by atoms with E-state index in [1.807, 2.05) is 0 Å². The molecule has 0 bridgehead atoms. The van der Waals surface area contributed by atoms with Crippen LogP contribution in [0.1, 0.15) is 25.7 Å². The molecule has 1 aliphatic heterocycles. The fraction of sp³-hybridized carbons (Fsp3) is 0.889. The van der Waals surface area contributed by atoms with Gasteiger partial charge in [-0.3, -0.25) is 4.79 Å². The minimum Gasteiger partial charge on any atom is -0.394 e. The Morgan fingerprint density at radius 3 is 2.85 bits per heavy atom. The van der Waals surface area contributed by atoms with Gasteiger partial charge in [-0.15, -0.1) is 0 Å². The van der Waals surface area contributed by atoms with Crippen LogP contribution in [0.3, 0.4) is 0 Å². The summed E-state index contributed by atoms with van der Waals surface area (Å²) in [6.07, 6.45) is 3.55. The molecule has 13 heavy (non-hydrogen) atoms. The average molecular weight is 186 g/mol. The monoisotopic (exact) mass is 186 g/mol. The van der Waals surface area contributed by atoms with Crippen molar-refractivity contribution in [1.29, 1.82) is 0 Å². The van der Waals surface area contributed by atoms with Gasteiger partial charge in [0.2, 0.25) is 5.91 Å². The predicted octanol–water partition coefficient (Wildman–Crippen LogP) is -0.388. The Kier molecular flexibility index (Phi) is 4.18. The summed E-state index contributed by atoms with van der Waals surface area (Å²) in [4.78, 5) is 11.4. The number of nitrogens with one attached hydrogen (secondary N) is 1. The van der Waals surface area contributed by atoms with E-state index in [1.165, 1.54) is 0 Å². The second-order valence-corrected chi connectivity index (χ2v) is 3.59. The molecule has 2 atom stereocenters. The van der Waals surface area contributed by atoms with Crippen molar-refractivity contribution in [2.75, 3.05) is 13.2 Å². The number of aliphatic hydroxyl groups excluding tert-OH is 1. The number of aliphatic hydroxyl groups is 1. The van der Waals surface area contributed by atoms with Crippen molar-refractivity contribution >= 4 is 5.91 Å². The molecule has 4 nitrogen and oxygen atoms in total. The molecule has 4 N–H and O–H groups in total. The third kappa shape index (κ3) is 2.97. The van der Waals surface area contributed by atoms with E-state index in [4.69, 9.17) is 10.8 Å². The maximum absolute atomic E-state index is 11.4. The average Bonchev–Trinajstić information content (AvgIpc) is 2.16. The molecule has 1 amide bonds. The fourth-order valence-electron chi connectivity index (χ4n) is 1.70. The summed E-state index contributed by atoms with van der Waals surface area (Å²) in [6.45, 7) is 0.697. The lowest BCUT2D eigenvalue weighted by atomic mass is 9.90. The van der Waals surface area contributed by atoms with E-state index in [0.717, 1.165) is 25.7 Å². The first kappa shape index (κ1) is 10.5. The molecule has 0 aromatic heterocycles. The van der Waals surface area contributed by atoms with Crippen LogP contribution in [0.5, 0.6) is 0 Å². The summed E-state index contributed by atoms with van der Waals surface area (Å²) in [5.41, 5.74) is 5.37.